The van der Waals surface area contributed by atoms with Gasteiger partial charge in [-0.3, -0.25) is 19.1 Å². The third-order valence-corrected chi connectivity index (χ3v) is 6.78. The first-order chi connectivity index (χ1) is 15.7. The normalized spacial score (nSPS) is 21.3. The number of carboxylic acids is 2. The van der Waals surface area contributed by atoms with Crippen molar-refractivity contribution in [3.63, 3.8) is 0 Å². The molecule has 0 aromatic carbocycles. The van der Waals surface area contributed by atoms with Crippen LogP contribution in [0.5, 0.6) is 0 Å². The number of carboxylic acid groups (broad SMARTS) is 2. The Labute approximate surface area is 192 Å². The number of piperidine rings is 1. The van der Waals surface area contributed by atoms with E-state index in [4.69, 9.17) is 0 Å². The van der Waals surface area contributed by atoms with Crippen molar-refractivity contribution in [2.75, 3.05) is 13.1 Å². The second-order valence-electron chi connectivity index (χ2n) is 8.96. The number of amides is 1. The summed E-state index contributed by atoms with van der Waals surface area (Å²) >= 11 is 0. The lowest BCUT2D eigenvalue weighted by molar-refractivity contribution is -0.146. The Morgan fingerprint density at radius 2 is 1.85 bits per heavy atom. The average Bonchev–Trinajstić information content (AvgIpc) is 3.28. The molecule has 1 aromatic heterocycles. The molecule has 2 heterocycles. The van der Waals surface area contributed by atoms with Gasteiger partial charge in [-0.05, 0) is 46.0 Å². The molecular formula is C24H31N3O6. The molecule has 178 valence electrons. The number of likely N-dealkylation sites (tertiary alicyclic amines) is 1. The van der Waals surface area contributed by atoms with Gasteiger partial charge in [0.25, 0.3) is 0 Å². The zero-order valence-electron chi connectivity index (χ0n) is 19.1. The monoisotopic (exact) mass is 457 g/mol. The number of hydrogen-bond acceptors (Lipinski definition) is 5. The molecule has 2 N–H and O–H groups in total. The summed E-state index contributed by atoms with van der Waals surface area (Å²) in [6, 6.07) is 0. The highest BCUT2D eigenvalue weighted by Crippen LogP contribution is 2.40. The van der Waals surface area contributed by atoms with Crippen molar-refractivity contribution in [3.8, 4) is 0 Å². The van der Waals surface area contributed by atoms with Crippen LogP contribution < -0.4 is 0 Å². The molecule has 1 saturated heterocycles. The van der Waals surface area contributed by atoms with Gasteiger partial charge >= 0.3 is 11.9 Å². The molecule has 1 amide bonds. The lowest BCUT2D eigenvalue weighted by Gasteiger charge is -2.32. The fourth-order valence-corrected chi connectivity index (χ4v) is 4.54. The Hall–Kier alpha value is -3.23. The highest BCUT2D eigenvalue weighted by molar-refractivity contribution is 5.97. The Balaban J connectivity index is 1.50. The van der Waals surface area contributed by atoms with Gasteiger partial charge in [0.1, 0.15) is 0 Å². The van der Waals surface area contributed by atoms with Crippen molar-refractivity contribution in [1.29, 1.82) is 0 Å². The number of aliphatic carboxylic acids is 2. The first-order valence-corrected chi connectivity index (χ1v) is 11.4. The summed E-state index contributed by atoms with van der Waals surface area (Å²) in [5.74, 6) is -2.22. The molecule has 1 unspecified atom stereocenters. The molecule has 2 aliphatic rings. The van der Waals surface area contributed by atoms with Gasteiger partial charge in [-0.1, -0.05) is 17.7 Å². The van der Waals surface area contributed by atoms with Crippen LogP contribution in [0, 0.1) is 11.3 Å². The van der Waals surface area contributed by atoms with Gasteiger partial charge in [0.05, 0.1) is 17.2 Å². The first kappa shape index (κ1) is 24.4. The van der Waals surface area contributed by atoms with Gasteiger partial charge in [-0.25, -0.2) is 4.79 Å². The van der Waals surface area contributed by atoms with E-state index < -0.39 is 17.4 Å². The Kier molecular flexibility index (Phi) is 7.50. The van der Waals surface area contributed by atoms with E-state index >= 15 is 0 Å². The molecule has 0 saturated carbocycles. The van der Waals surface area contributed by atoms with Crippen molar-refractivity contribution in [3.05, 3.63) is 41.3 Å². The summed E-state index contributed by atoms with van der Waals surface area (Å²) in [6.45, 7) is 5.25. The molecule has 0 bridgehead atoms. The highest BCUT2D eigenvalue weighted by atomic mass is 16.4. The van der Waals surface area contributed by atoms with Crippen molar-refractivity contribution in [2.24, 2.45) is 11.3 Å². The minimum absolute atomic E-state index is 0.00472. The van der Waals surface area contributed by atoms with Crippen LogP contribution in [0.25, 0.3) is 0 Å². The number of nitrogens with zero attached hydrogens (tertiary/aromatic N) is 3. The molecule has 1 aromatic rings. The lowest BCUT2D eigenvalue weighted by atomic mass is 9.72. The van der Waals surface area contributed by atoms with Crippen LogP contribution in [0.1, 0.15) is 62.7 Å². The van der Waals surface area contributed by atoms with E-state index in [0.29, 0.717) is 56.5 Å². The van der Waals surface area contributed by atoms with Crippen molar-refractivity contribution < 1.29 is 29.4 Å². The third kappa shape index (κ3) is 5.40. The fraction of sp³-hybridized carbons (Fsp3) is 0.542. The van der Waals surface area contributed by atoms with Crippen LogP contribution in [-0.4, -0.2) is 61.6 Å². The summed E-state index contributed by atoms with van der Waals surface area (Å²) < 4.78 is 1.72. The first-order valence-electron chi connectivity index (χ1n) is 11.4. The van der Waals surface area contributed by atoms with Crippen LogP contribution in [0.2, 0.25) is 0 Å². The summed E-state index contributed by atoms with van der Waals surface area (Å²) in [5, 5.41) is 23.0. The maximum atomic E-state index is 12.7. The Morgan fingerprint density at radius 3 is 2.42 bits per heavy atom. The van der Waals surface area contributed by atoms with Crippen molar-refractivity contribution in [2.45, 2.75) is 58.9 Å². The van der Waals surface area contributed by atoms with E-state index in [9.17, 15) is 29.4 Å². The number of carbonyl (C=O) groups is 4. The molecule has 9 heteroatoms. The van der Waals surface area contributed by atoms with Crippen LogP contribution in [-0.2, 0) is 20.9 Å². The van der Waals surface area contributed by atoms with Gasteiger partial charge in [-0.2, -0.15) is 5.10 Å². The predicted molar refractivity (Wildman–Crippen MR) is 120 cm³/mol. The van der Waals surface area contributed by atoms with Gasteiger partial charge < -0.3 is 15.1 Å². The van der Waals surface area contributed by atoms with Gasteiger partial charge in [0.2, 0.25) is 5.91 Å². The minimum atomic E-state index is -1.28. The average molecular weight is 458 g/mol. The van der Waals surface area contributed by atoms with Crippen LogP contribution in [0.15, 0.2) is 35.7 Å². The van der Waals surface area contributed by atoms with Gasteiger partial charge in [0.15, 0.2) is 5.78 Å². The third-order valence-electron chi connectivity index (χ3n) is 6.78. The van der Waals surface area contributed by atoms with Crippen molar-refractivity contribution >= 4 is 23.6 Å². The predicted octanol–water partition coefficient (Wildman–Crippen LogP) is 2.93. The molecule has 3 rings (SSSR count). The van der Waals surface area contributed by atoms with E-state index in [-0.39, 0.29) is 36.0 Å². The highest BCUT2D eigenvalue weighted by Gasteiger charge is 2.40. The van der Waals surface area contributed by atoms with E-state index in [2.05, 4.69) is 5.10 Å². The quantitative estimate of drug-likeness (QED) is 0.545. The van der Waals surface area contributed by atoms with Crippen LogP contribution in [0.3, 0.4) is 0 Å². The minimum Gasteiger partial charge on any atom is -0.481 e. The zero-order chi connectivity index (χ0) is 24.2. The number of aryl methyl sites for hydroxylation is 1. The molecule has 9 nitrogen and oxygen atoms in total. The lowest BCUT2D eigenvalue weighted by Crippen LogP contribution is -2.40. The fourth-order valence-electron chi connectivity index (χ4n) is 4.54. The second kappa shape index (κ2) is 10.1. The smallest absolute Gasteiger partial charge is 0.331 e. The Bertz CT molecular complexity index is 1000. The summed E-state index contributed by atoms with van der Waals surface area (Å²) in [7, 11) is 0. The van der Waals surface area contributed by atoms with Crippen molar-refractivity contribution in [1.82, 2.24) is 14.7 Å². The molecule has 1 atom stereocenters. The maximum Gasteiger partial charge on any atom is 0.331 e. The second-order valence-corrected chi connectivity index (χ2v) is 8.96. The summed E-state index contributed by atoms with van der Waals surface area (Å²) in [4.78, 5) is 50.2. The van der Waals surface area contributed by atoms with E-state index in [1.807, 2.05) is 6.92 Å². The molecule has 33 heavy (non-hydrogen) atoms. The largest absolute Gasteiger partial charge is 0.481 e. The standard InChI is InChI=1S/C24H31N3O6/c1-3-27-15-18(14-25-27)21(29)16-9-11-26(12-10-16)20(28)6-4-5-19-8-7-17(22(30)31)13-24(19,2)23(32)33/h7-8,14-16H,3-6,9-13H2,1-2H3,(H,30,31)(H,32,33). The number of hydrogen-bond donors (Lipinski definition) is 2. The number of Topliss-reactive ketones (excluding diaryl/α,β-unsaturated/α-hetero) is 1. The molecule has 1 aliphatic carbocycles. The van der Waals surface area contributed by atoms with E-state index in [1.165, 1.54) is 13.0 Å². The number of rotatable bonds is 9. The molecule has 0 radical (unpaired) electrons. The maximum absolute atomic E-state index is 12.7. The molecule has 0 spiro atoms. The molecule has 1 fully saturated rings. The van der Waals surface area contributed by atoms with Crippen LogP contribution >= 0.6 is 0 Å². The summed E-state index contributed by atoms with van der Waals surface area (Å²) in [5.41, 5.74) is 0.0309. The summed E-state index contributed by atoms with van der Waals surface area (Å²) in [6.07, 6.45) is 8.73. The molecule has 1 aliphatic heterocycles. The zero-order valence-corrected chi connectivity index (χ0v) is 19.1. The topological polar surface area (TPSA) is 130 Å². The number of allylic oxidation sites excluding steroid dienone is 2. The van der Waals surface area contributed by atoms with E-state index in [0.717, 1.165) is 0 Å². The molecular weight excluding hydrogens is 426 g/mol. The number of aromatic nitrogens is 2. The Morgan fingerprint density at radius 1 is 1.15 bits per heavy atom. The van der Waals surface area contributed by atoms with E-state index in [1.54, 1.807) is 28.1 Å². The number of ketones is 1. The van der Waals surface area contributed by atoms with Gasteiger partial charge in [0, 0.05) is 43.7 Å². The number of carbonyl (C=O) groups excluding carboxylic acids is 2. The van der Waals surface area contributed by atoms with Gasteiger partial charge in [-0.15, -0.1) is 0 Å². The van der Waals surface area contributed by atoms with Crippen LogP contribution in [0.4, 0.5) is 0 Å². The SMILES string of the molecule is CCn1cc(C(=O)C2CCN(C(=O)CCCC3=CC=C(C(=O)O)CC3(C)C(=O)O)CC2)cn1.